The molecule has 0 heterocycles. The Hall–Kier alpha value is -0.0400. The number of aliphatic hydroxyl groups is 1. The molecule has 1 saturated carbocycles. The summed E-state index contributed by atoms with van der Waals surface area (Å²) in [7, 11) is 0. The number of aliphatic hydroxyl groups excluding tert-OH is 1. The first-order valence-corrected chi connectivity index (χ1v) is 4.43. The van der Waals surface area contributed by atoms with Crippen LogP contribution in [0.15, 0.2) is 0 Å². The second kappa shape index (κ2) is 5.72. The molecule has 0 aromatic carbocycles. The summed E-state index contributed by atoms with van der Waals surface area (Å²) in [5, 5.41) is 8.68. The van der Waals surface area contributed by atoms with Crippen molar-refractivity contribution in [1.29, 1.82) is 0 Å². The van der Waals surface area contributed by atoms with Crippen LogP contribution in [0.25, 0.3) is 0 Å². The van der Waals surface area contributed by atoms with Crippen molar-refractivity contribution in [3.8, 4) is 0 Å². The summed E-state index contributed by atoms with van der Waals surface area (Å²) < 4.78 is 0. The summed E-state index contributed by atoms with van der Waals surface area (Å²) in [4.78, 5) is 0. The molecule has 0 saturated heterocycles. The Morgan fingerprint density at radius 3 is 2.10 bits per heavy atom. The van der Waals surface area contributed by atoms with Crippen LogP contribution in [0.3, 0.4) is 0 Å². The molecular formula is C9H20O. The predicted octanol–water partition coefficient (Wildman–Crippen LogP) is 2.44. The number of hydrogen-bond acceptors (Lipinski definition) is 1. The minimum absolute atomic E-state index is 0.407. The van der Waals surface area contributed by atoms with E-state index >= 15 is 0 Å². The van der Waals surface area contributed by atoms with Crippen LogP contribution in [0.4, 0.5) is 0 Å². The number of hydrogen-bond donors (Lipinski definition) is 1. The minimum Gasteiger partial charge on any atom is -0.396 e. The van der Waals surface area contributed by atoms with E-state index in [0.717, 1.165) is 5.92 Å². The molecule has 0 aromatic heterocycles. The summed E-state index contributed by atoms with van der Waals surface area (Å²) >= 11 is 0. The predicted molar refractivity (Wildman–Crippen MR) is 44.9 cm³/mol. The van der Waals surface area contributed by atoms with Crippen LogP contribution in [0.5, 0.6) is 0 Å². The van der Waals surface area contributed by atoms with Crippen LogP contribution in [0, 0.1) is 11.8 Å². The fourth-order valence-corrected chi connectivity index (χ4v) is 1.49. The Balaban J connectivity index is 0.000000371. The Bertz CT molecular complexity index is 71.1. The molecule has 1 rings (SSSR count). The largest absolute Gasteiger partial charge is 0.396 e. The van der Waals surface area contributed by atoms with E-state index in [1.165, 1.54) is 19.3 Å². The average Bonchev–Trinajstić information content (AvgIpc) is 2.40. The third-order valence-corrected chi connectivity index (χ3v) is 2.06. The highest BCUT2D eigenvalue weighted by atomic mass is 16.3. The lowest BCUT2D eigenvalue weighted by Gasteiger charge is -2.01. The van der Waals surface area contributed by atoms with Gasteiger partial charge in [0.15, 0.2) is 0 Å². The van der Waals surface area contributed by atoms with Crippen molar-refractivity contribution in [3.63, 3.8) is 0 Å². The van der Waals surface area contributed by atoms with Crippen LogP contribution < -0.4 is 0 Å². The minimum atomic E-state index is 0.407. The maximum absolute atomic E-state index is 8.68. The van der Waals surface area contributed by atoms with Gasteiger partial charge in [0, 0.05) is 6.61 Å². The smallest absolute Gasteiger partial charge is 0.0459 e. The Morgan fingerprint density at radius 1 is 1.30 bits per heavy atom. The maximum atomic E-state index is 8.68. The van der Waals surface area contributed by atoms with Gasteiger partial charge in [-0.15, -0.1) is 0 Å². The molecule has 0 spiro atoms. The van der Waals surface area contributed by atoms with Gasteiger partial charge in [-0.2, -0.15) is 0 Å². The average molecular weight is 144 g/mol. The van der Waals surface area contributed by atoms with Crippen molar-refractivity contribution in [2.75, 3.05) is 6.61 Å². The normalized spacial score (nSPS) is 31.2. The highest BCUT2D eigenvalue weighted by Crippen LogP contribution is 2.29. The molecule has 1 nitrogen and oxygen atoms in total. The summed E-state index contributed by atoms with van der Waals surface area (Å²) in [5.74, 6) is 1.50. The van der Waals surface area contributed by atoms with Crippen molar-refractivity contribution in [2.45, 2.75) is 40.0 Å². The molecule has 2 atom stereocenters. The number of rotatable bonds is 1. The van der Waals surface area contributed by atoms with Gasteiger partial charge in [0.1, 0.15) is 0 Å². The zero-order chi connectivity index (χ0) is 7.98. The summed E-state index contributed by atoms with van der Waals surface area (Å²) in [5.41, 5.74) is 0. The summed E-state index contributed by atoms with van der Waals surface area (Å²) in [6, 6.07) is 0. The van der Waals surface area contributed by atoms with Gasteiger partial charge >= 0.3 is 0 Å². The van der Waals surface area contributed by atoms with E-state index in [9.17, 15) is 0 Å². The molecule has 0 radical (unpaired) electrons. The van der Waals surface area contributed by atoms with Crippen LogP contribution in [-0.2, 0) is 0 Å². The van der Waals surface area contributed by atoms with Gasteiger partial charge in [-0.05, 0) is 24.7 Å². The van der Waals surface area contributed by atoms with Gasteiger partial charge < -0.3 is 5.11 Å². The van der Waals surface area contributed by atoms with E-state index in [0.29, 0.717) is 12.5 Å². The van der Waals surface area contributed by atoms with Crippen LogP contribution in [0.2, 0.25) is 0 Å². The molecule has 0 bridgehead atoms. The zero-order valence-corrected chi connectivity index (χ0v) is 7.43. The summed E-state index contributed by atoms with van der Waals surface area (Å²) in [6.45, 7) is 6.67. The SMILES string of the molecule is CC.C[C@@H]1CC[C@H](CO)C1. The van der Waals surface area contributed by atoms with E-state index in [-0.39, 0.29) is 0 Å². The standard InChI is InChI=1S/C7H14O.C2H6/c1-6-2-3-7(4-6)5-8;1-2/h6-8H,2-5H2,1H3;1-2H3/t6-,7+;/m1./s1. The summed E-state index contributed by atoms with van der Waals surface area (Å²) in [6.07, 6.45) is 3.82. The van der Waals surface area contributed by atoms with E-state index in [1.54, 1.807) is 0 Å². The van der Waals surface area contributed by atoms with E-state index in [2.05, 4.69) is 6.92 Å². The highest BCUT2D eigenvalue weighted by molar-refractivity contribution is 4.71. The van der Waals surface area contributed by atoms with Crippen molar-refractivity contribution in [1.82, 2.24) is 0 Å². The van der Waals surface area contributed by atoms with Crippen molar-refractivity contribution >= 4 is 0 Å². The van der Waals surface area contributed by atoms with E-state index in [1.807, 2.05) is 13.8 Å². The lowest BCUT2D eigenvalue weighted by Crippen LogP contribution is -1.99. The lowest BCUT2D eigenvalue weighted by atomic mass is 10.1. The molecule has 0 amide bonds. The first kappa shape index (κ1) is 9.96. The third kappa shape index (κ3) is 3.21. The Kier molecular flexibility index (Phi) is 5.70. The van der Waals surface area contributed by atoms with Gasteiger partial charge in [-0.1, -0.05) is 27.2 Å². The second-order valence-corrected chi connectivity index (χ2v) is 2.97. The second-order valence-electron chi connectivity index (χ2n) is 2.97. The fourth-order valence-electron chi connectivity index (χ4n) is 1.49. The third-order valence-electron chi connectivity index (χ3n) is 2.06. The highest BCUT2D eigenvalue weighted by Gasteiger charge is 2.19. The fraction of sp³-hybridized carbons (Fsp3) is 1.00. The molecule has 0 unspecified atom stereocenters. The molecule has 1 heteroatoms. The van der Waals surface area contributed by atoms with E-state index in [4.69, 9.17) is 5.11 Å². The molecule has 0 aliphatic heterocycles. The maximum Gasteiger partial charge on any atom is 0.0459 e. The van der Waals surface area contributed by atoms with Crippen LogP contribution >= 0.6 is 0 Å². The molecular weight excluding hydrogens is 124 g/mol. The molecule has 1 aliphatic rings. The lowest BCUT2D eigenvalue weighted by molar-refractivity contribution is 0.227. The quantitative estimate of drug-likeness (QED) is 0.599. The van der Waals surface area contributed by atoms with Gasteiger partial charge in [0.2, 0.25) is 0 Å². The molecule has 10 heavy (non-hydrogen) atoms. The Labute approximate surface area is 64.5 Å². The molecule has 1 N–H and O–H groups in total. The van der Waals surface area contributed by atoms with Crippen LogP contribution in [0.1, 0.15) is 40.0 Å². The molecule has 62 valence electrons. The Morgan fingerprint density at radius 2 is 1.90 bits per heavy atom. The van der Waals surface area contributed by atoms with Crippen LogP contribution in [-0.4, -0.2) is 11.7 Å². The zero-order valence-electron chi connectivity index (χ0n) is 7.43. The first-order chi connectivity index (χ1) is 4.83. The molecule has 1 aliphatic carbocycles. The van der Waals surface area contributed by atoms with Crippen molar-refractivity contribution in [3.05, 3.63) is 0 Å². The van der Waals surface area contributed by atoms with Crippen molar-refractivity contribution < 1.29 is 5.11 Å². The van der Waals surface area contributed by atoms with Crippen molar-refractivity contribution in [2.24, 2.45) is 11.8 Å². The van der Waals surface area contributed by atoms with Gasteiger partial charge in [-0.3, -0.25) is 0 Å². The van der Waals surface area contributed by atoms with Gasteiger partial charge in [0.25, 0.3) is 0 Å². The first-order valence-electron chi connectivity index (χ1n) is 4.43. The monoisotopic (exact) mass is 144 g/mol. The molecule has 1 fully saturated rings. The van der Waals surface area contributed by atoms with E-state index < -0.39 is 0 Å². The topological polar surface area (TPSA) is 20.2 Å². The van der Waals surface area contributed by atoms with Gasteiger partial charge in [-0.25, -0.2) is 0 Å². The van der Waals surface area contributed by atoms with Gasteiger partial charge in [0.05, 0.1) is 0 Å². The molecule has 0 aromatic rings.